The Morgan fingerprint density at radius 2 is 1.78 bits per heavy atom. The number of hydrogen-bond donors (Lipinski definition) is 0. The number of rotatable bonds is 11. The molecule has 192 valence electrons. The fourth-order valence-corrected chi connectivity index (χ4v) is 4.93. The normalized spacial score (nSPS) is 11.8. The summed E-state index contributed by atoms with van der Waals surface area (Å²) < 4.78 is 27.5. The molecule has 0 saturated carbocycles. The zero-order chi connectivity index (χ0) is 26.4. The topological polar surface area (TPSA) is 92.3 Å². The zero-order valence-electron chi connectivity index (χ0n) is 20.8. The van der Waals surface area contributed by atoms with Gasteiger partial charge in [-0.25, -0.2) is 4.39 Å². The number of aryl methyl sites for hydroxylation is 2. The van der Waals surface area contributed by atoms with E-state index in [4.69, 9.17) is 9.47 Å². The van der Waals surface area contributed by atoms with Crippen LogP contribution in [0.25, 0.3) is 5.69 Å². The van der Waals surface area contributed by atoms with E-state index in [1.54, 1.807) is 36.4 Å². The Balaban J connectivity index is 1.63. The van der Waals surface area contributed by atoms with E-state index in [2.05, 4.69) is 10.2 Å². The van der Waals surface area contributed by atoms with E-state index < -0.39 is 5.25 Å². The van der Waals surface area contributed by atoms with Crippen LogP contribution in [0.4, 0.5) is 4.39 Å². The summed E-state index contributed by atoms with van der Waals surface area (Å²) in [6.07, 6.45) is 0. The summed E-state index contributed by atoms with van der Waals surface area (Å²) >= 11 is 1.26. The molecule has 3 aromatic carbocycles. The number of ether oxygens (including phenoxy) is 2. The van der Waals surface area contributed by atoms with Crippen LogP contribution in [-0.2, 0) is 6.61 Å². The van der Waals surface area contributed by atoms with Crippen LogP contribution in [-0.4, -0.2) is 32.8 Å². The molecule has 0 N–H and O–H groups in total. The maximum atomic E-state index is 14.0. The SMILES string of the molecule is CCOc1cc([C@@H](C[N+](=O)[O-])Sc2nnc(C)n2-c2ccc(C)cc2)ccc1OCc1ccccc1F. The van der Waals surface area contributed by atoms with Crippen LogP contribution in [0.15, 0.2) is 71.9 Å². The molecule has 4 aromatic rings. The summed E-state index contributed by atoms with van der Waals surface area (Å²) in [5.41, 5.74) is 3.10. The van der Waals surface area contributed by atoms with Crippen molar-refractivity contribution in [3.63, 3.8) is 0 Å². The van der Waals surface area contributed by atoms with E-state index in [1.807, 2.05) is 49.6 Å². The highest BCUT2D eigenvalue weighted by molar-refractivity contribution is 7.99. The van der Waals surface area contributed by atoms with Crippen molar-refractivity contribution in [1.29, 1.82) is 0 Å². The number of hydrogen-bond acceptors (Lipinski definition) is 7. The van der Waals surface area contributed by atoms with Crippen LogP contribution >= 0.6 is 11.8 Å². The fraction of sp³-hybridized carbons (Fsp3) is 0.259. The number of nitro groups is 1. The van der Waals surface area contributed by atoms with Gasteiger partial charge >= 0.3 is 0 Å². The van der Waals surface area contributed by atoms with Crippen molar-refractivity contribution < 1.29 is 18.8 Å². The molecule has 0 aliphatic rings. The quantitative estimate of drug-likeness (QED) is 0.133. The Morgan fingerprint density at radius 3 is 2.49 bits per heavy atom. The number of benzene rings is 3. The van der Waals surface area contributed by atoms with Gasteiger partial charge in [-0.3, -0.25) is 14.7 Å². The highest BCUT2D eigenvalue weighted by Crippen LogP contribution is 2.39. The van der Waals surface area contributed by atoms with Gasteiger partial charge in [0.1, 0.15) is 23.5 Å². The molecule has 0 aliphatic carbocycles. The van der Waals surface area contributed by atoms with E-state index in [1.165, 1.54) is 17.8 Å². The van der Waals surface area contributed by atoms with E-state index in [9.17, 15) is 14.5 Å². The second-order valence-electron chi connectivity index (χ2n) is 8.34. The molecule has 8 nitrogen and oxygen atoms in total. The molecule has 4 rings (SSSR count). The predicted octanol–water partition coefficient (Wildman–Crippen LogP) is 6.11. The Labute approximate surface area is 218 Å². The summed E-state index contributed by atoms with van der Waals surface area (Å²) in [4.78, 5) is 11.3. The molecule has 0 radical (unpaired) electrons. The molecule has 1 aromatic heterocycles. The Morgan fingerprint density at radius 1 is 1.03 bits per heavy atom. The van der Waals surface area contributed by atoms with Gasteiger partial charge in [-0.05, 0) is 56.7 Å². The van der Waals surface area contributed by atoms with Crippen molar-refractivity contribution >= 4 is 11.8 Å². The van der Waals surface area contributed by atoms with Crippen molar-refractivity contribution in [3.05, 3.63) is 105 Å². The summed E-state index contributed by atoms with van der Waals surface area (Å²) in [5, 5.41) is 20.1. The molecule has 0 spiro atoms. The van der Waals surface area contributed by atoms with Crippen molar-refractivity contribution in [2.75, 3.05) is 13.2 Å². The van der Waals surface area contributed by atoms with Crippen LogP contribution in [0, 0.1) is 29.8 Å². The van der Waals surface area contributed by atoms with Gasteiger partial charge in [0.25, 0.3) is 0 Å². The molecular formula is C27H27FN4O4S. The van der Waals surface area contributed by atoms with E-state index in [-0.39, 0.29) is 23.9 Å². The first-order chi connectivity index (χ1) is 17.9. The van der Waals surface area contributed by atoms with Crippen molar-refractivity contribution in [2.24, 2.45) is 0 Å². The van der Waals surface area contributed by atoms with E-state index in [0.29, 0.717) is 40.2 Å². The lowest BCUT2D eigenvalue weighted by atomic mass is 10.1. The molecular weight excluding hydrogens is 495 g/mol. The van der Waals surface area contributed by atoms with Crippen LogP contribution in [0.5, 0.6) is 11.5 Å². The highest BCUT2D eigenvalue weighted by Gasteiger charge is 2.25. The maximum Gasteiger partial charge on any atom is 0.220 e. The Hall–Kier alpha value is -3.92. The minimum absolute atomic E-state index is 0.0259. The lowest BCUT2D eigenvalue weighted by molar-refractivity contribution is -0.479. The predicted molar refractivity (Wildman–Crippen MR) is 140 cm³/mol. The third-order valence-corrected chi connectivity index (χ3v) is 6.81. The molecule has 0 aliphatic heterocycles. The van der Waals surface area contributed by atoms with Crippen LogP contribution in [0.3, 0.4) is 0 Å². The van der Waals surface area contributed by atoms with Gasteiger partial charge < -0.3 is 9.47 Å². The molecule has 1 heterocycles. The molecule has 0 bridgehead atoms. The van der Waals surface area contributed by atoms with Crippen LogP contribution in [0.2, 0.25) is 0 Å². The number of halogens is 1. The smallest absolute Gasteiger partial charge is 0.220 e. The molecule has 0 saturated heterocycles. The Bertz CT molecular complexity index is 1380. The molecule has 37 heavy (non-hydrogen) atoms. The third kappa shape index (κ3) is 6.45. The zero-order valence-corrected chi connectivity index (χ0v) is 21.6. The first-order valence-electron chi connectivity index (χ1n) is 11.8. The van der Waals surface area contributed by atoms with Gasteiger partial charge in [-0.2, -0.15) is 0 Å². The highest BCUT2D eigenvalue weighted by atomic mass is 32.2. The molecule has 0 fully saturated rings. The number of thioether (sulfide) groups is 1. The molecule has 1 atom stereocenters. The summed E-state index contributed by atoms with van der Waals surface area (Å²) in [7, 11) is 0. The van der Waals surface area contributed by atoms with Crippen LogP contribution < -0.4 is 9.47 Å². The molecule has 10 heteroatoms. The first kappa shape index (κ1) is 26.2. The largest absolute Gasteiger partial charge is 0.490 e. The minimum Gasteiger partial charge on any atom is -0.490 e. The summed E-state index contributed by atoms with van der Waals surface area (Å²) in [5.74, 6) is 1.18. The second-order valence-corrected chi connectivity index (χ2v) is 9.51. The van der Waals surface area contributed by atoms with Crippen molar-refractivity contribution in [2.45, 2.75) is 37.8 Å². The average Bonchev–Trinajstić information content (AvgIpc) is 3.24. The lowest BCUT2D eigenvalue weighted by Gasteiger charge is -2.17. The van der Waals surface area contributed by atoms with Crippen molar-refractivity contribution in [1.82, 2.24) is 14.8 Å². The monoisotopic (exact) mass is 522 g/mol. The fourth-order valence-electron chi connectivity index (χ4n) is 3.77. The van der Waals surface area contributed by atoms with Crippen molar-refractivity contribution in [3.8, 4) is 17.2 Å². The average molecular weight is 523 g/mol. The van der Waals surface area contributed by atoms with Gasteiger partial charge in [0.15, 0.2) is 16.7 Å². The van der Waals surface area contributed by atoms with Gasteiger partial charge in [0.2, 0.25) is 6.54 Å². The van der Waals surface area contributed by atoms with Gasteiger partial charge in [0, 0.05) is 16.2 Å². The second kappa shape index (κ2) is 11.9. The Kier molecular flexibility index (Phi) is 8.39. The van der Waals surface area contributed by atoms with E-state index >= 15 is 0 Å². The third-order valence-electron chi connectivity index (χ3n) is 5.63. The molecule has 0 unspecified atom stereocenters. The number of aromatic nitrogens is 3. The standard InChI is InChI=1S/C27H27FN4O4S/c1-4-35-25-15-20(11-14-24(25)36-17-21-7-5-6-8-23(21)28)26(16-31(33)34)37-27-30-29-19(3)32(27)22-12-9-18(2)10-13-22/h5-15,26H,4,16-17H2,1-3H3/t26-/m1/s1. The minimum atomic E-state index is -0.567. The first-order valence-corrected chi connectivity index (χ1v) is 12.6. The lowest BCUT2D eigenvalue weighted by Crippen LogP contribution is -2.12. The van der Waals surface area contributed by atoms with Gasteiger partial charge in [-0.15, -0.1) is 10.2 Å². The number of nitrogens with zero attached hydrogens (tertiary/aromatic N) is 4. The summed E-state index contributed by atoms with van der Waals surface area (Å²) in [6.45, 7) is 5.75. The van der Waals surface area contributed by atoms with Gasteiger partial charge in [0.05, 0.1) is 6.61 Å². The van der Waals surface area contributed by atoms with E-state index in [0.717, 1.165) is 11.3 Å². The summed E-state index contributed by atoms with van der Waals surface area (Å²) in [6, 6.07) is 19.5. The molecule has 0 amide bonds. The van der Waals surface area contributed by atoms with Gasteiger partial charge in [-0.1, -0.05) is 53.7 Å². The maximum absolute atomic E-state index is 14.0. The van der Waals surface area contributed by atoms with Crippen LogP contribution in [0.1, 0.15) is 34.7 Å².